The van der Waals surface area contributed by atoms with Gasteiger partial charge in [-0.3, -0.25) is 4.79 Å². The van der Waals surface area contributed by atoms with Crippen molar-refractivity contribution in [3.8, 4) is 0 Å². The Morgan fingerprint density at radius 2 is 2.12 bits per heavy atom. The molecular weight excluding hydrogens is 396 g/mol. The molecule has 0 radical (unpaired) electrons. The van der Waals surface area contributed by atoms with E-state index in [0.29, 0.717) is 16.1 Å². The summed E-state index contributed by atoms with van der Waals surface area (Å²) in [4.78, 5) is 19.2. The Labute approximate surface area is 159 Å². The number of rotatable bonds is 3. The largest absolute Gasteiger partial charge is 0.397 e. The molecule has 3 nitrogen and oxygen atoms in total. The molecule has 128 valence electrons. The van der Waals surface area contributed by atoms with Crippen molar-refractivity contribution in [3.05, 3.63) is 56.5 Å². The number of carbonyl (C=O) groups excluding carboxylic acids is 1. The van der Waals surface area contributed by atoms with E-state index in [1.54, 1.807) is 0 Å². The average Bonchev–Trinajstić information content (AvgIpc) is 2.95. The highest BCUT2D eigenvalue weighted by atomic mass is 79.9. The van der Waals surface area contributed by atoms with E-state index in [9.17, 15) is 4.79 Å². The molecule has 0 aliphatic heterocycles. The van der Waals surface area contributed by atoms with Crippen molar-refractivity contribution < 1.29 is 4.79 Å². The number of hydrogen-bond donors (Lipinski definition) is 1. The molecule has 1 aliphatic carbocycles. The fourth-order valence-corrected chi connectivity index (χ4v) is 4.84. The number of anilines is 1. The Morgan fingerprint density at radius 1 is 1.36 bits per heavy atom. The Balaban J connectivity index is 1.77. The number of hydrogen-bond acceptors (Lipinski definition) is 4. The molecule has 0 saturated carbocycles. The normalized spacial score (nSPS) is 16.8. The Kier molecular flexibility index (Phi) is 4.38. The number of benzene rings is 1. The first-order chi connectivity index (χ1) is 12.1. The topological polar surface area (TPSA) is 56.0 Å². The lowest BCUT2D eigenvalue weighted by Crippen LogP contribution is -2.14. The number of ketones is 1. The SMILES string of the molecule is CC[C@@H]1CCc2nc3sc(C(=O)c4ccc(Br)cc4)c(N)c3cc2C1. The first-order valence-corrected chi connectivity index (χ1v) is 10.2. The number of aromatic nitrogens is 1. The van der Waals surface area contributed by atoms with Gasteiger partial charge < -0.3 is 5.73 Å². The fourth-order valence-electron chi connectivity index (χ4n) is 3.52. The van der Waals surface area contributed by atoms with Crippen LogP contribution in [0.25, 0.3) is 10.2 Å². The molecule has 2 heterocycles. The molecule has 4 rings (SSSR count). The van der Waals surface area contributed by atoms with Gasteiger partial charge in [-0.15, -0.1) is 11.3 Å². The number of fused-ring (bicyclic) bond motifs is 2. The van der Waals surface area contributed by atoms with E-state index < -0.39 is 0 Å². The van der Waals surface area contributed by atoms with Crippen LogP contribution in [0.15, 0.2) is 34.8 Å². The first-order valence-electron chi connectivity index (χ1n) is 8.57. The highest BCUT2D eigenvalue weighted by molar-refractivity contribution is 9.10. The molecular formula is C20H19BrN2OS. The van der Waals surface area contributed by atoms with Gasteiger partial charge in [-0.1, -0.05) is 29.3 Å². The quantitative estimate of drug-likeness (QED) is 0.584. The third-order valence-electron chi connectivity index (χ3n) is 5.08. The third-order valence-corrected chi connectivity index (χ3v) is 6.72. The van der Waals surface area contributed by atoms with Crippen LogP contribution in [0.2, 0.25) is 0 Å². The number of nitrogens with zero attached hydrogens (tertiary/aromatic N) is 1. The highest BCUT2D eigenvalue weighted by Gasteiger charge is 2.23. The monoisotopic (exact) mass is 414 g/mol. The molecule has 0 unspecified atom stereocenters. The molecule has 0 spiro atoms. The van der Waals surface area contributed by atoms with Crippen molar-refractivity contribution in [2.75, 3.05) is 5.73 Å². The zero-order valence-electron chi connectivity index (χ0n) is 14.0. The second-order valence-corrected chi connectivity index (χ2v) is 8.56. The summed E-state index contributed by atoms with van der Waals surface area (Å²) in [6, 6.07) is 9.56. The zero-order chi connectivity index (χ0) is 17.6. The molecule has 5 heteroatoms. The summed E-state index contributed by atoms with van der Waals surface area (Å²) in [5.41, 5.74) is 10.1. The van der Waals surface area contributed by atoms with Gasteiger partial charge in [-0.25, -0.2) is 4.98 Å². The molecule has 3 aromatic rings. The number of carbonyl (C=O) groups is 1. The van der Waals surface area contributed by atoms with Gasteiger partial charge in [0.2, 0.25) is 5.78 Å². The Morgan fingerprint density at radius 3 is 2.84 bits per heavy atom. The Bertz CT molecular complexity index is 962. The van der Waals surface area contributed by atoms with Gasteiger partial charge in [0.05, 0.1) is 5.69 Å². The minimum absolute atomic E-state index is 0.0302. The van der Waals surface area contributed by atoms with E-state index in [1.807, 2.05) is 24.3 Å². The van der Waals surface area contributed by atoms with Gasteiger partial charge in [-0.05, 0) is 61.1 Å². The van der Waals surface area contributed by atoms with Crippen LogP contribution in [0.5, 0.6) is 0 Å². The number of thiophene rings is 1. The summed E-state index contributed by atoms with van der Waals surface area (Å²) in [6.45, 7) is 2.25. The summed E-state index contributed by atoms with van der Waals surface area (Å²) in [6.07, 6.45) is 4.50. The Hall–Kier alpha value is -1.72. The van der Waals surface area contributed by atoms with Gasteiger partial charge in [0, 0.05) is 21.1 Å². The molecule has 1 atom stereocenters. The lowest BCUT2D eigenvalue weighted by atomic mass is 9.85. The minimum Gasteiger partial charge on any atom is -0.397 e. The van der Waals surface area contributed by atoms with E-state index in [4.69, 9.17) is 10.7 Å². The predicted molar refractivity (Wildman–Crippen MR) is 107 cm³/mol. The summed E-state index contributed by atoms with van der Waals surface area (Å²) in [5, 5.41) is 0.931. The second kappa shape index (κ2) is 6.54. The summed E-state index contributed by atoms with van der Waals surface area (Å²) < 4.78 is 0.952. The van der Waals surface area contributed by atoms with Crippen LogP contribution in [0.1, 0.15) is 46.3 Å². The van der Waals surface area contributed by atoms with Gasteiger partial charge >= 0.3 is 0 Å². The van der Waals surface area contributed by atoms with Crippen LogP contribution in [0.4, 0.5) is 5.69 Å². The summed E-state index contributed by atoms with van der Waals surface area (Å²) >= 11 is 4.81. The van der Waals surface area contributed by atoms with Crippen LogP contribution in [-0.4, -0.2) is 10.8 Å². The standard InChI is InChI=1S/C20H19BrN2OS/c1-2-11-3-8-16-13(9-11)10-15-17(22)19(25-20(15)23-16)18(24)12-4-6-14(21)7-5-12/h4-7,10-11H,2-3,8-9,22H2,1H3/t11-/m1/s1. The van der Waals surface area contributed by atoms with E-state index in [2.05, 4.69) is 28.9 Å². The molecule has 0 amide bonds. The molecule has 0 fully saturated rings. The van der Waals surface area contributed by atoms with Crippen LogP contribution in [-0.2, 0) is 12.8 Å². The molecule has 2 aromatic heterocycles. The van der Waals surface area contributed by atoms with E-state index in [-0.39, 0.29) is 5.78 Å². The first kappa shape index (κ1) is 16.7. The summed E-state index contributed by atoms with van der Waals surface area (Å²) in [7, 11) is 0. The van der Waals surface area contributed by atoms with Crippen molar-refractivity contribution in [3.63, 3.8) is 0 Å². The van der Waals surface area contributed by atoms with E-state index in [1.165, 1.54) is 35.4 Å². The lowest BCUT2D eigenvalue weighted by Gasteiger charge is -2.22. The van der Waals surface area contributed by atoms with Crippen LogP contribution in [0, 0.1) is 5.92 Å². The molecule has 2 N–H and O–H groups in total. The average molecular weight is 415 g/mol. The minimum atomic E-state index is -0.0302. The van der Waals surface area contributed by atoms with Crippen molar-refractivity contribution >= 4 is 49.0 Å². The highest BCUT2D eigenvalue weighted by Crippen LogP contribution is 2.37. The molecule has 1 aliphatic rings. The van der Waals surface area contributed by atoms with Crippen molar-refractivity contribution in [1.29, 1.82) is 0 Å². The maximum absolute atomic E-state index is 12.9. The van der Waals surface area contributed by atoms with Crippen LogP contribution >= 0.6 is 27.3 Å². The molecule has 25 heavy (non-hydrogen) atoms. The van der Waals surface area contributed by atoms with Gasteiger partial charge in [0.15, 0.2) is 0 Å². The number of pyridine rings is 1. The van der Waals surface area contributed by atoms with Gasteiger partial charge in [-0.2, -0.15) is 0 Å². The molecule has 0 saturated heterocycles. The number of nitrogen functional groups attached to an aromatic ring is 1. The predicted octanol–water partition coefficient (Wildman–Crippen LogP) is 5.39. The number of halogens is 1. The fraction of sp³-hybridized carbons (Fsp3) is 0.300. The van der Waals surface area contributed by atoms with Crippen molar-refractivity contribution in [2.24, 2.45) is 5.92 Å². The van der Waals surface area contributed by atoms with Crippen molar-refractivity contribution in [1.82, 2.24) is 4.98 Å². The van der Waals surface area contributed by atoms with Crippen molar-refractivity contribution in [2.45, 2.75) is 32.6 Å². The van der Waals surface area contributed by atoms with Crippen LogP contribution in [0.3, 0.4) is 0 Å². The maximum Gasteiger partial charge on any atom is 0.205 e. The third kappa shape index (κ3) is 3.00. The number of nitrogens with two attached hydrogens (primary N) is 1. The maximum atomic E-state index is 12.9. The lowest BCUT2D eigenvalue weighted by molar-refractivity contribution is 0.104. The summed E-state index contributed by atoms with van der Waals surface area (Å²) in [5.74, 6) is 0.702. The second-order valence-electron chi connectivity index (χ2n) is 6.64. The number of aryl methyl sites for hydroxylation is 1. The van der Waals surface area contributed by atoms with Gasteiger partial charge in [0.1, 0.15) is 9.71 Å². The van der Waals surface area contributed by atoms with E-state index >= 15 is 0 Å². The molecule has 1 aromatic carbocycles. The molecule has 0 bridgehead atoms. The zero-order valence-corrected chi connectivity index (χ0v) is 16.4. The van der Waals surface area contributed by atoms with Crippen LogP contribution < -0.4 is 5.73 Å². The van der Waals surface area contributed by atoms with Gasteiger partial charge in [0.25, 0.3) is 0 Å². The van der Waals surface area contributed by atoms with E-state index in [0.717, 1.165) is 33.4 Å². The smallest absolute Gasteiger partial charge is 0.205 e.